The van der Waals surface area contributed by atoms with Crippen LogP contribution in [-0.4, -0.2) is 111 Å². The minimum atomic E-state index is -0.645. The van der Waals surface area contributed by atoms with E-state index in [1.54, 1.807) is 17.0 Å². The average molecular weight is 532 g/mol. The normalized spacial score (nSPS) is 25.3. The van der Waals surface area contributed by atoms with E-state index in [-0.39, 0.29) is 46.9 Å². The second-order valence-electron chi connectivity index (χ2n) is 12.9. The smallest absolute Gasteiger partial charge is 0.255 e. The number of carbonyl (C=O) groups excluding carboxylic acids is 3. The molecule has 2 aromatic carbocycles. The molecule has 5 rings (SSSR count). The largest absolute Gasteiger partial charge is 0.489 e. The van der Waals surface area contributed by atoms with Crippen molar-refractivity contribution < 1.29 is 23.9 Å². The number of amides is 3. The number of benzene rings is 2. The van der Waals surface area contributed by atoms with Gasteiger partial charge >= 0.3 is 0 Å². The zero-order valence-corrected chi connectivity index (χ0v) is 24.7. The average Bonchev–Trinajstić information content (AvgIpc) is 3.22. The van der Waals surface area contributed by atoms with Crippen molar-refractivity contribution in [1.29, 1.82) is 0 Å². The lowest BCUT2D eigenvalue weighted by atomic mass is 9.35. The Morgan fingerprint density at radius 1 is 0.975 bits per heavy atom. The standard InChI is InChI=1S/C25H34B7N3O5/c26-22-23(27,28)35(24(29,30)25(31,32)40-22)10-13-4-6-14(7-5-13)12-39-18-3-1-2-15-16(18)11-34(21(15)38)17-8-9-19(36)33-20(17)37/h1-7,17,22H,8-12,26-32H2,(H,33,36,37). The van der Waals surface area contributed by atoms with Gasteiger partial charge in [0.1, 0.15) is 73.3 Å². The van der Waals surface area contributed by atoms with Gasteiger partial charge in [0.15, 0.2) is 0 Å². The highest BCUT2D eigenvalue weighted by molar-refractivity contribution is 6.55. The fourth-order valence-corrected chi connectivity index (χ4v) is 6.17. The lowest BCUT2D eigenvalue weighted by Gasteiger charge is -2.64. The molecule has 2 saturated heterocycles. The first-order chi connectivity index (χ1) is 18.7. The Morgan fingerprint density at radius 3 is 2.33 bits per heavy atom. The van der Waals surface area contributed by atoms with Gasteiger partial charge in [-0.1, -0.05) is 30.3 Å². The van der Waals surface area contributed by atoms with Crippen molar-refractivity contribution in [1.82, 2.24) is 15.1 Å². The minimum Gasteiger partial charge on any atom is -0.489 e. The van der Waals surface area contributed by atoms with Crippen LogP contribution in [0.3, 0.4) is 0 Å². The summed E-state index contributed by atoms with van der Waals surface area (Å²) in [5.41, 5.74) is 3.58. The fourth-order valence-electron chi connectivity index (χ4n) is 6.17. The molecule has 2 unspecified atom stereocenters. The summed E-state index contributed by atoms with van der Waals surface area (Å²) in [6.45, 7) is 1.46. The fraction of sp³-hybridized carbons (Fsp3) is 0.400. The summed E-state index contributed by atoms with van der Waals surface area (Å²) >= 11 is 0. The van der Waals surface area contributed by atoms with E-state index in [0.717, 1.165) is 17.7 Å². The number of morpholine rings is 1. The molecule has 0 aliphatic carbocycles. The number of piperidine rings is 1. The maximum Gasteiger partial charge on any atom is 0.255 e. The number of rotatable bonds is 6. The molecule has 15 heteroatoms. The molecule has 0 aromatic heterocycles. The van der Waals surface area contributed by atoms with Gasteiger partial charge in [-0.2, -0.15) is 0 Å². The van der Waals surface area contributed by atoms with E-state index in [1.807, 2.05) is 6.07 Å². The van der Waals surface area contributed by atoms with Crippen molar-refractivity contribution >= 4 is 72.6 Å². The first-order valence-corrected chi connectivity index (χ1v) is 14.1. The third-order valence-corrected chi connectivity index (χ3v) is 9.61. The Kier molecular flexibility index (Phi) is 7.36. The summed E-state index contributed by atoms with van der Waals surface area (Å²) in [7, 11) is 15.5. The van der Waals surface area contributed by atoms with E-state index >= 15 is 0 Å². The molecule has 0 radical (unpaired) electrons. The van der Waals surface area contributed by atoms with E-state index in [0.29, 0.717) is 24.3 Å². The molecule has 3 amide bonds. The van der Waals surface area contributed by atoms with Gasteiger partial charge in [0.05, 0.1) is 6.54 Å². The Bertz CT molecular complexity index is 1350. The number of hydrogen-bond acceptors (Lipinski definition) is 6. The van der Waals surface area contributed by atoms with Crippen LogP contribution in [0.2, 0.25) is 0 Å². The summed E-state index contributed by atoms with van der Waals surface area (Å²) in [5.74, 6) is -0.276. The predicted octanol–water partition coefficient (Wildman–Crippen LogP) is -5.42. The number of hydrogen-bond donors (Lipinski definition) is 1. The monoisotopic (exact) mass is 533 g/mol. The molecule has 0 bridgehead atoms. The Morgan fingerprint density at radius 2 is 1.65 bits per heavy atom. The second kappa shape index (κ2) is 10.2. The third-order valence-electron chi connectivity index (χ3n) is 9.61. The SMILES string of the molecule is BC1OC(B)(B)C(B)(B)N(Cc2ccc(COc3cccc4c3CN(C3CCC(=O)NC3=O)C4=O)cc2)C1(B)B. The van der Waals surface area contributed by atoms with Crippen LogP contribution in [0.4, 0.5) is 0 Å². The Labute approximate surface area is 242 Å². The van der Waals surface area contributed by atoms with Crippen LogP contribution in [0.25, 0.3) is 0 Å². The predicted molar refractivity (Wildman–Crippen MR) is 172 cm³/mol. The number of imide groups is 1. The maximum atomic E-state index is 13.1. The molecule has 3 aliphatic rings. The molecular weight excluding hydrogens is 498 g/mol. The van der Waals surface area contributed by atoms with E-state index in [1.165, 1.54) is 5.56 Å². The number of nitrogens with zero attached hydrogens (tertiary/aromatic N) is 2. The topological polar surface area (TPSA) is 88.2 Å². The number of carbonyl (C=O) groups is 3. The molecule has 2 fully saturated rings. The third kappa shape index (κ3) is 4.96. The van der Waals surface area contributed by atoms with Crippen molar-refractivity contribution in [3.05, 3.63) is 64.7 Å². The molecule has 1 N–H and O–H groups in total. The molecule has 40 heavy (non-hydrogen) atoms. The summed E-state index contributed by atoms with van der Waals surface area (Å²) in [5, 5.41) is 1.76. The second-order valence-corrected chi connectivity index (χ2v) is 12.9. The van der Waals surface area contributed by atoms with Crippen LogP contribution in [0.5, 0.6) is 5.75 Å². The Balaban J connectivity index is 1.27. The summed E-state index contributed by atoms with van der Waals surface area (Å²) in [4.78, 5) is 41.1. The van der Waals surface area contributed by atoms with E-state index in [9.17, 15) is 14.4 Å². The quantitative estimate of drug-likeness (QED) is 0.296. The summed E-state index contributed by atoms with van der Waals surface area (Å²) in [6, 6.07) is 13.4. The van der Waals surface area contributed by atoms with Crippen LogP contribution < -0.4 is 10.1 Å². The van der Waals surface area contributed by atoms with Crippen molar-refractivity contribution in [2.24, 2.45) is 0 Å². The molecule has 2 aromatic rings. The zero-order chi connectivity index (χ0) is 29.0. The minimum absolute atomic E-state index is 0.0913. The molecule has 0 saturated carbocycles. The van der Waals surface area contributed by atoms with Gasteiger partial charge in [-0.15, -0.1) is 0 Å². The first-order valence-electron chi connectivity index (χ1n) is 14.1. The van der Waals surface area contributed by atoms with Crippen LogP contribution in [-0.2, 0) is 34.0 Å². The van der Waals surface area contributed by atoms with E-state index in [2.05, 4.69) is 89.4 Å². The van der Waals surface area contributed by atoms with Crippen LogP contribution in [0.15, 0.2) is 42.5 Å². The van der Waals surface area contributed by atoms with Gasteiger partial charge in [-0.05, 0) is 40.4 Å². The number of ether oxygens (including phenoxy) is 2. The van der Waals surface area contributed by atoms with Gasteiger partial charge in [0.2, 0.25) is 11.8 Å². The summed E-state index contributed by atoms with van der Waals surface area (Å²) in [6.07, 6.45) is 0.565. The van der Waals surface area contributed by atoms with Crippen LogP contribution in [0, 0.1) is 0 Å². The lowest BCUT2D eigenvalue weighted by Crippen LogP contribution is -2.81. The van der Waals surface area contributed by atoms with Gasteiger partial charge in [-0.25, -0.2) is 0 Å². The molecular formula is C25H34B7N3O5. The molecule has 3 aliphatic heterocycles. The highest BCUT2D eigenvalue weighted by Gasteiger charge is 2.53. The zero-order valence-electron chi connectivity index (χ0n) is 24.7. The highest BCUT2D eigenvalue weighted by atomic mass is 16.5. The van der Waals surface area contributed by atoms with Crippen LogP contribution >= 0.6 is 0 Å². The van der Waals surface area contributed by atoms with E-state index < -0.39 is 11.9 Å². The molecule has 200 valence electrons. The first kappa shape index (κ1) is 28.7. The van der Waals surface area contributed by atoms with Crippen molar-refractivity contribution in [2.75, 3.05) is 0 Å². The van der Waals surface area contributed by atoms with Gasteiger partial charge in [0.25, 0.3) is 5.91 Å². The van der Waals surface area contributed by atoms with Crippen molar-refractivity contribution in [3.63, 3.8) is 0 Å². The van der Waals surface area contributed by atoms with E-state index in [4.69, 9.17) is 9.47 Å². The Hall–Kier alpha value is -2.78. The van der Waals surface area contributed by atoms with Crippen LogP contribution in [0.1, 0.15) is 39.9 Å². The molecule has 2 atom stereocenters. The van der Waals surface area contributed by atoms with Crippen molar-refractivity contribution in [3.8, 4) is 5.75 Å². The van der Waals surface area contributed by atoms with Crippen molar-refractivity contribution in [2.45, 2.75) is 60.7 Å². The maximum absolute atomic E-state index is 13.1. The lowest BCUT2D eigenvalue weighted by molar-refractivity contribution is -0.136. The number of nitrogens with one attached hydrogen (secondary N) is 1. The van der Waals surface area contributed by atoms with Gasteiger partial charge in [0, 0.05) is 35.5 Å². The molecule has 8 nitrogen and oxygen atoms in total. The molecule has 3 heterocycles. The van der Waals surface area contributed by atoms with Gasteiger partial charge in [-0.3, -0.25) is 19.7 Å². The van der Waals surface area contributed by atoms with Gasteiger partial charge < -0.3 is 19.3 Å². The summed E-state index contributed by atoms with van der Waals surface area (Å²) < 4.78 is 12.6. The number of fused-ring (bicyclic) bond motifs is 1. The highest BCUT2D eigenvalue weighted by Crippen LogP contribution is 2.37. The molecule has 0 spiro atoms.